The molecule has 2 heterocycles. The van der Waals surface area contributed by atoms with Crippen LogP contribution in [0.5, 0.6) is 11.5 Å². The summed E-state index contributed by atoms with van der Waals surface area (Å²) in [5.74, 6) is 0.538. The van der Waals surface area contributed by atoms with Crippen LogP contribution in [0.2, 0.25) is 0 Å². The lowest BCUT2D eigenvalue weighted by Gasteiger charge is -2.25. The SMILES string of the molecule is CCOC(=O)C1=C(C)N=c2sc(=Cc3ccc(N(C)C)cc3)c(=O)n2[C@H]1c1ccc(OC)c(OC)c1. The maximum absolute atomic E-state index is 13.7. The Morgan fingerprint density at radius 3 is 2.42 bits per heavy atom. The van der Waals surface area contributed by atoms with Crippen LogP contribution in [0.25, 0.3) is 6.08 Å². The molecule has 8 nitrogen and oxygen atoms in total. The molecule has 0 N–H and O–H groups in total. The van der Waals surface area contributed by atoms with E-state index in [0.29, 0.717) is 37.7 Å². The molecule has 0 aliphatic carbocycles. The van der Waals surface area contributed by atoms with Crippen molar-refractivity contribution in [2.75, 3.05) is 39.8 Å². The van der Waals surface area contributed by atoms with Crippen LogP contribution in [-0.4, -0.2) is 45.5 Å². The number of thiazole rings is 1. The molecule has 188 valence electrons. The van der Waals surface area contributed by atoms with Crippen LogP contribution in [0.15, 0.2) is 63.5 Å². The van der Waals surface area contributed by atoms with E-state index in [1.54, 1.807) is 44.8 Å². The molecule has 1 aromatic heterocycles. The molecule has 3 aromatic rings. The van der Waals surface area contributed by atoms with E-state index in [4.69, 9.17) is 14.2 Å². The highest BCUT2D eigenvalue weighted by molar-refractivity contribution is 7.07. The highest BCUT2D eigenvalue weighted by atomic mass is 32.1. The molecule has 0 saturated carbocycles. The van der Waals surface area contributed by atoms with Crippen LogP contribution in [0, 0.1) is 0 Å². The summed E-state index contributed by atoms with van der Waals surface area (Å²) in [6, 6.07) is 12.6. The van der Waals surface area contributed by atoms with Crippen molar-refractivity contribution in [3.63, 3.8) is 0 Å². The van der Waals surface area contributed by atoms with E-state index in [-0.39, 0.29) is 12.2 Å². The van der Waals surface area contributed by atoms with Gasteiger partial charge in [0.25, 0.3) is 5.56 Å². The second kappa shape index (κ2) is 10.4. The van der Waals surface area contributed by atoms with Gasteiger partial charge in [-0.15, -0.1) is 0 Å². The van der Waals surface area contributed by atoms with Gasteiger partial charge in [0.1, 0.15) is 0 Å². The molecule has 1 aliphatic rings. The van der Waals surface area contributed by atoms with Crippen LogP contribution >= 0.6 is 11.3 Å². The minimum atomic E-state index is -0.724. The van der Waals surface area contributed by atoms with E-state index in [1.165, 1.54) is 11.3 Å². The van der Waals surface area contributed by atoms with Gasteiger partial charge in [0, 0.05) is 19.8 Å². The number of hydrogen-bond donors (Lipinski definition) is 0. The predicted molar refractivity (Wildman–Crippen MR) is 141 cm³/mol. The summed E-state index contributed by atoms with van der Waals surface area (Å²) in [7, 11) is 7.05. The van der Waals surface area contributed by atoms with Crippen molar-refractivity contribution in [1.29, 1.82) is 0 Å². The predicted octanol–water partition coefficient (Wildman–Crippen LogP) is 2.88. The molecular formula is C27H29N3O5S. The minimum Gasteiger partial charge on any atom is -0.493 e. The molecule has 36 heavy (non-hydrogen) atoms. The van der Waals surface area contributed by atoms with Crippen molar-refractivity contribution in [3.05, 3.63) is 84.5 Å². The van der Waals surface area contributed by atoms with E-state index >= 15 is 0 Å². The average Bonchev–Trinajstić information content (AvgIpc) is 3.17. The monoisotopic (exact) mass is 507 g/mol. The number of benzene rings is 2. The van der Waals surface area contributed by atoms with Gasteiger partial charge in [0.15, 0.2) is 16.3 Å². The average molecular weight is 508 g/mol. The van der Waals surface area contributed by atoms with Crippen molar-refractivity contribution in [2.24, 2.45) is 4.99 Å². The van der Waals surface area contributed by atoms with Crippen LogP contribution in [0.1, 0.15) is 31.0 Å². The number of carbonyl (C=O) groups is 1. The standard InChI is InChI=1S/C27H29N3O5S/c1-7-35-26(32)23-16(2)28-27-30(24(23)18-10-13-20(33-5)21(15-18)34-6)25(31)22(36-27)14-17-8-11-19(12-9-17)29(3)4/h8-15,24H,7H2,1-6H3/t24-/m0/s1. The Morgan fingerprint density at radius 2 is 1.81 bits per heavy atom. The zero-order valence-electron chi connectivity index (χ0n) is 21.2. The lowest BCUT2D eigenvalue weighted by atomic mass is 9.95. The minimum absolute atomic E-state index is 0.210. The van der Waals surface area contributed by atoms with Gasteiger partial charge in [-0.1, -0.05) is 29.5 Å². The maximum atomic E-state index is 13.7. The molecule has 0 fully saturated rings. The van der Waals surface area contributed by atoms with Crippen LogP contribution in [-0.2, 0) is 9.53 Å². The number of esters is 1. The Labute approximate surface area is 213 Å². The molecule has 0 unspecified atom stereocenters. The van der Waals surface area contributed by atoms with Crippen molar-refractivity contribution in [3.8, 4) is 11.5 Å². The molecule has 1 atom stereocenters. The number of carbonyl (C=O) groups excluding carboxylic acids is 1. The highest BCUT2D eigenvalue weighted by Crippen LogP contribution is 2.36. The summed E-state index contributed by atoms with van der Waals surface area (Å²) < 4.78 is 18.3. The number of allylic oxidation sites excluding steroid dienone is 1. The first kappa shape index (κ1) is 25.2. The highest BCUT2D eigenvalue weighted by Gasteiger charge is 2.33. The number of ether oxygens (including phenoxy) is 3. The Kier molecular flexibility index (Phi) is 7.30. The van der Waals surface area contributed by atoms with E-state index < -0.39 is 12.0 Å². The molecule has 9 heteroatoms. The summed E-state index contributed by atoms with van der Waals surface area (Å²) in [5.41, 5.74) is 3.25. The molecule has 0 radical (unpaired) electrons. The molecule has 0 spiro atoms. The third-order valence-electron chi connectivity index (χ3n) is 5.95. The topological polar surface area (TPSA) is 82.4 Å². The molecule has 1 aliphatic heterocycles. The number of nitrogens with zero attached hydrogens (tertiary/aromatic N) is 3. The van der Waals surface area contributed by atoms with E-state index in [0.717, 1.165) is 11.3 Å². The number of hydrogen-bond acceptors (Lipinski definition) is 8. The van der Waals surface area contributed by atoms with Gasteiger partial charge < -0.3 is 19.1 Å². The molecule has 0 saturated heterocycles. The Bertz CT molecular complexity index is 1500. The van der Waals surface area contributed by atoms with Crippen molar-refractivity contribution < 1.29 is 19.0 Å². The fraction of sp³-hybridized carbons (Fsp3) is 0.296. The zero-order valence-corrected chi connectivity index (χ0v) is 22.0. The molecular weight excluding hydrogens is 478 g/mol. The zero-order chi connectivity index (χ0) is 26.0. The van der Waals surface area contributed by atoms with Gasteiger partial charge in [0.2, 0.25) is 0 Å². The number of fused-ring (bicyclic) bond motifs is 1. The van der Waals surface area contributed by atoms with Crippen LogP contribution in [0.4, 0.5) is 5.69 Å². The lowest BCUT2D eigenvalue weighted by molar-refractivity contribution is -0.139. The van der Waals surface area contributed by atoms with Crippen molar-refractivity contribution >= 4 is 29.1 Å². The summed E-state index contributed by atoms with van der Waals surface area (Å²) in [4.78, 5) is 33.9. The maximum Gasteiger partial charge on any atom is 0.338 e. The largest absolute Gasteiger partial charge is 0.493 e. The fourth-order valence-corrected chi connectivity index (χ4v) is 5.20. The Morgan fingerprint density at radius 1 is 1.11 bits per heavy atom. The van der Waals surface area contributed by atoms with E-state index in [2.05, 4.69) is 4.99 Å². The van der Waals surface area contributed by atoms with E-state index in [9.17, 15) is 9.59 Å². The number of methoxy groups -OCH3 is 2. The molecule has 4 rings (SSSR count). The third kappa shape index (κ3) is 4.66. The summed E-state index contributed by atoms with van der Waals surface area (Å²) in [6.07, 6.45) is 1.85. The van der Waals surface area contributed by atoms with Crippen LogP contribution in [0.3, 0.4) is 0 Å². The molecule has 0 bridgehead atoms. The Balaban J connectivity index is 1.92. The normalized spacial score (nSPS) is 15.3. The summed E-state index contributed by atoms with van der Waals surface area (Å²) in [5, 5.41) is 0. The van der Waals surface area contributed by atoms with Crippen molar-refractivity contribution in [2.45, 2.75) is 19.9 Å². The van der Waals surface area contributed by atoms with Gasteiger partial charge in [-0.05, 0) is 55.3 Å². The van der Waals surface area contributed by atoms with Crippen molar-refractivity contribution in [1.82, 2.24) is 4.57 Å². The van der Waals surface area contributed by atoms with Gasteiger partial charge in [0.05, 0.1) is 42.7 Å². The first-order valence-corrected chi connectivity index (χ1v) is 12.3. The third-order valence-corrected chi connectivity index (χ3v) is 6.93. The van der Waals surface area contributed by atoms with Gasteiger partial charge in [-0.2, -0.15) is 0 Å². The van der Waals surface area contributed by atoms with Gasteiger partial charge in [-0.25, -0.2) is 9.79 Å². The number of anilines is 1. The number of aromatic nitrogens is 1. The lowest BCUT2D eigenvalue weighted by Crippen LogP contribution is -2.39. The molecule has 0 amide bonds. The number of rotatable bonds is 7. The summed E-state index contributed by atoms with van der Waals surface area (Å²) >= 11 is 1.29. The van der Waals surface area contributed by atoms with Gasteiger partial charge >= 0.3 is 5.97 Å². The van der Waals surface area contributed by atoms with Gasteiger partial charge in [-0.3, -0.25) is 9.36 Å². The second-order valence-corrected chi connectivity index (χ2v) is 9.41. The molecule has 2 aromatic carbocycles. The first-order chi connectivity index (χ1) is 17.3. The fourth-order valence-electron chi connectivity index (χ4n) is 4.15. The van der Waals surface area contributed by atoms with Crippen LogP contribution < -0.4 is 29.3 Å². The van der Waals surface area contributed by atoms with E-state index in [1.807, 2.05) is 55.4 Å². The second-order valence-electron chi connectivity index (χ2n) is 8.40. The first-order valence-electron chi connectivity index (χ1n) is 11.5. The summed E-state index contributed by atoms with van der Waals surface area (Å²) in [6.45, 7) is 3.72. The Hall–Kier alpha value is -3.85. The quantitative estimate of drug-likeness (QED) is 0.458. The smallest absolute Gasteiger partial charge is 0.338 e.